The molecule has 2 aromatic rings. The van der Waals surface area contributed by atoms with Crippen LogP contribution in [0.15, 0.2) is 36.5 Å². The SMILES string of the molecule is O=C(N[C@H](CO)c1ccccc1)c1cn2c(n1)CCC2. The van der Waals surface area contributed by atoms with Crippen molar-refractivity contribution in [2.45, 2.75) is 25.4 Å². The molecule has 1 aliphatic heterocycles. The van der Waals surface area contributed by atoms with Crippen LogP contribution in [0.2, 0.25) is 0 Å². The van der Waals surface area contributed by atoms with Gasteiger partial charge < -0.3 is 15.0 Å². The highest BCUT2D eigenvalue weighted by Gasteiger charge is 2.20. The Labute approximate surface area is 117 Å². The molecule has 0 spiro atoms. The third-order valence-electron chi connectivity index (χ3n) is 3.58. The van der Waals surface area contributed by atoms with E-state index >= 15 is 0 Å². The smallest absolute Gasteiger partial charge is 0.272 e. The van der Waals surface area contributed by atoms with Crippen LogP contribution in [-0.2, 0) is 13.0 Å². The first-order valence-electron chi connectivity index (χ1n) is 6.80. The van der Waals surface area contributed by atoms with E-state index in [9.17, 15) is 9.90 Å². The molecule has 0 unspecified atom stereocenters. The molecule has 1 aromatic carbocycles. The number of carbonyl (C=O) groups is 1. The maximum atomic E-state index is 12.2. The lowest BCUT2D eigenvalue weighted by Crippen LogP contribution is -2.31. The number of imidazole rings is 1. The lowest BCUT2D eigenvalue weighted by Gasteiger charge is -2.15. The van der Waals surface area contributed by atoms with Crippen molar-refractivity contribution in [2.75, 3.05) is 6.61 Å². The molecule has 0 fully saturated rings. The van der Waals surface area contributed by atoms with Gasteiger partial charge in [-0.15, -0.1) is 0 Å². The van der Waals surface area contributed by atoms with Crippen LogP contribution in [-0.4, -0.2) is 27.2 Å². The fourth-order valence-corrected chi connectivity index (χ4v) is 2.52. The Morgan fingerprint density at radius 2 is 2.20 bits per heavy atom. The number of benzene rings is 1. The molecule has 2 heterocycles. The molecule has 0 saturated heterocycles. The number of aromatic nitrogens is 2. The number of amides is 1. The predicted octanol–water partition coefficient (Wildman–Crippen LogP) is 1.29. The predicted molar refractivity (Wildman–Crippen MR) is 74.3 cm³/mol. The van der Waals surface area contributed by atoms with Gasteiger partial charge in [0.15, 0.2) is 0 Å². The van der Waals surface area contributed by atoms with Crippen molar-refractivity contribution in [1.29, 1.82) is 0 Å². The van der Waals surface area contributed by atoms with Gasteiger partial charge in [-0.2, -0.15) is 0 Å². The number of aliphatic hydroxyl groups excluding tert-OH is 1. The summed E-state index contributed by atoms with van der Waals surface area (Å²) in [5.74, 6) is 0.727. The molecular weight excluding hydrogens is 254 g/mol. The van der Waals surface area contributed by atoms with Gasteiger partial charge in [-0.3, -0.25) is 4.79 Å². The first kappa shape index (κ1) is 12.9. The second kappa shape index (κ2) is 5.46. The van der Waals surface area contributed by atoms with Crippen LogP contribution in [0.3, 0.4) is 0 Å². The lowest BCUT2D eigenvalue weighted by molar-refractivity contribution is 0.0911. The van der Waals surface area contributed by atoms with Crippen LogP contribution in [0, 0.1) is 0 Å². The number of aryl methyl sites for hydroxylation is 2. The van der Waals surface area contributed by atoms with Gasteiger partial charge in [-0.1, -0.05) is 30.3 Å². The average molecular weight is 271 g/mol. The molecule has 1 aliphatic rings. The number of rotatable bonds is 4. The minimum absolute atomic E-state index is 0.136. The summed E-state index contributed by atoms with van der Waals surface area (Å²) in [5.41, 5.74) is 1.31. The van der Waals surface area contributed by atoms with Crippen molar-refractivity contribution < 1.29 is 9.90 Å². The Morgan fingerprint density at radius 3 is 2.90 bits per heavy atom. The van der Waals surface area contributed by atoms with Crippen molar-refractivity contribution in [3.8, 4) is 0 Å². The largest absolute Gasteiger partial charge is 0.394 e. The minimum atomic E-state index is -0.403. The van der Waals surface area contributed by atoms with Gasteiger partial charge in [0.05, 0.1) is 12.6 Å². The molecule has 0 bridgehead atoms. The summed E-state index contributed by atoms with van der Waals surface area (Å²) in [5, 5.41) is 12.3. The van der Waals surface area contributed by atoms with E-state index in [0.29, 0.717) is 5.69 Å². The lowest BCUT2D eigenvalue weighted by atomic mass is 10.1. The van der Waals surface area contributed by atoms with E-state index in [1.807, 2.05) is 34.9 Å². The molecule has 3 rings (SSSR count). The molecular formula is C15H17N3O2. The second-order valence-corrected chi connectivity index (χ2v) is 4.96. The molecule has 104 valence electrons. The Morgan fingerprint density at radius 1 is 1.40 bits per heavy atom. The molecule has 0 saturated carbocycles. The van der Waals surface area contributed by atoms with Crippen LogP contribution >= 0.6 is 0 Å². The maximum Gasteiger partial charge on any atom is 0.272 e. The standard InChI is InChI=1S/C15H17N3O2/c19-10-13(11-5-2-1-3-6-11)17-15(20)12-9-18-8-4-7-14(18)16-12/h1-3,5-6,9,13,19H,4,7-8,10H2,(H,17,20)/t13-/m1/s1. The highest BCUT2D eigenvalue weighted by atomic mass is 16.3. The molecule has 0 aliphatic carbocycles. The zero-order valence-electron chi connectivity index (χ0n) is 11.1. The van der Waals surface area contributed by atoms with Crippen LogP contribution in [0.25, 0.3) is 0 Å². The van der Waals surface area contributed by atoms with Crippen LogP contribution < -0.4 is 5.32 Å². The zero-order valence-corrected chi connectivity index (χ0v) is 11.1. The highest BCUT2D eigenvalue weighted by molar-refractivity contribution is 5.92. The molecule has 2 N–H and O–H groups in total. The number of hydrogen-bond donors (Lipinski definition) is 2. The summed E-state index contributed by atoms with van der Waals surface area (Å²) in [6.45, 7) is 0.793. The van der Waals surface area contributed by atoms with Gasteiger partial charge in [-0.25, -0.2) is 4.98 Å². The number of fused-ring (bicyclic) bond motifs is 1. The second-order valence-electron chi connectivity index (χ2n) is 4.96. The van der Waals surface area contributed by atoms with E-state index in [1.54, 1.807) is 6.20 Å². The highest BCUT2D eigenvalue weighted by Crippen LogP contribution is 2.16. The Hall–Kier alpha value is -2.14. The fraction of sp³-hybridized carbons (Fsp3) is 0.333. The normalized spacial score (nSPS) is 14.8. The molecule has 1 amide bonds. The van der Waals surface area contributed by atoms with Crippen LogP contribution in [0.1, 0.15) is 34.3 Å². The molecule has 0 radical (unpaired) electrons. The topological polar surface area (TPSA) is 67.2 Å². The number of nitrogens with one attached hydrogen (secondary N) is 1. The van der Waals surface area contributed by atoms with E-state index in [0.717, 1.165) is 30.8 Å². The number of nitrogens with zero attached hydrogens (tertiary/aromatic N) is 2. The van der Waals surface area contributed by atoms with E-state index in [2.05, 4.69) is 10.3 Å². The van der Waals surface area contributed by atoms with E-state index in [-0.39, 0.29) is 12.5 Å². The fourth-order valence-electron chi connectivity index (χ4n) is 2.52. The summed E-state index contributed by atoms with van der Waals surface area (Å²) < 4.78 is 2.02. The molecule has 20 heavy (non-hydrogen) atoms. The first-order valence-corrected chi connectivity index (χ1v) is 6.80. The van der Waals surface area contributed by atoms with Crippen LogP contribution in [0.5, 0.6) is 0 Å². The Bertz CT molecular complexity index is 585. The summed E-state index contributed by atoms with van der Waals surface area (Å²) in [4.78, 5) is 16.5. The van der Waals surface area contributed by atoms with Crippen molar-refractivity contribution in [2.24, 2.45) is 0 Å². The van der Waals surface area contributed by atoms with Gasteiger partial charge in [-0.05, 0) is 12.0 Å². The number of carbonyl (C=O) groups excluding carboxylic acids is 1. The van der Waals surface area contributed by atoms with Gasteiger partial charge in [0.25, 0.3) is 5.91 Å². The summed E-state index contributed by atoms with van der Waals surface area (Å²) in [7, 11) is 0. The molecule has 1 aromatic heterocycles. The zero-order chi connectivity index (χ0) is 13.9. The third kappa shape index (κ3) is 2.44. The maximum absolute atomic E-state index is 12.2. The summed E-state index contributed by atoms with van der Waals surface area (Å²) >= 11 is 0. The number of hydrogen-bond acceptors (Lipinski definition) is 3. The monoisotopic (exact) mass is 271 g/mol. The number of aliphatic hydroxyl groups is 1. The van der Waals surface area contributed by atoms with Gasteiger partial charge in [0.2, 0.25) is 0 Å². The van der Waals surface area contributed by atoms with E-state index in [4.69, 9.17) is 0 Å². The molecule has 1 atom stereocenters. The van der Waals surface area contributed by atoms with Crippen molar-refractivity contribution >= 4 is 5.91 Å². The Kier molecular flexibility index (Phi) is 3.52. The van der Waals surface area contributed by atoms with Crippen molar-refractivity contribution in [3.63, 3.8) is 0 Å². The van der Waals surface area contributed by atoms with Crippen molar-refractivity contribution in [1.82, 2.24) is 14.9 Å². The van der Waals surface area contributed by atoms with Gasteiger partial charge in [0, 0.05) is 19.2 Å². The van der Waals surface area contributed by atoms with Crippen molar-refractivity contribution in [3.05, 3.63) is 53.6 Å². The van der Waals surface area contributed by atoms with E-state index in [1.165, 1.54) is 0 Å². The van der Waals surface area contributed by atoms with Gasteiger partial charge in [0.1, 0.15) is 11.5 Å². The summed E-state index contributed by atoms with van der Waals surface area (Å²) in [6, 6.07) is 9.03. The first-order chi connectivity index (χ1) is 9.78. The summed E-state index contributed by atoms with van der Waals surface area (Å²) in [6.07, 6.45) is 3.81. The van der Waals surface area contributed by atoms with Crippen LogP contribution in [0.4, 0.5) is 0 Å². The minimum Gasteiger partial charge on any atom is -0.394 e. The quantitative estimate of drug-likeness (QED) is 0.880. The average Bonchev–Trinajstić information content (AvgIpc) is 3.06. The van der Waals surface area contributed by atoms with E-state index < -0.39 is 6.04 Å². The third-order valence-corrected chi connectivity index (χ3v) is 3.58. The molecule has 5 nitrogen and oxygen atoms in total. The van der Waals surface area contributed by atoms with Gasteiger partial charge >= 0.3 is 0 Å². The Balaban J connectivity index is 1.74. The molecule has 5 heteroatoms.